The Morgan fingerprint density at radius 1 is 1.14 bits per heavy atom. The third-order valence-electron chi connectivity index (χ3n) is 3.52. The van der Waals surface area contributed by atoms with Gasteiger partial charge < -0.3 is 10.2 Å². The molecule has 0 atom stereocenters. The van der Waals surface area contributed by atoms with E-state index in [-0.39, 0.29) is 0 Å². The van der Waals surface area contributed by atoms with Gasteiger partial charge in [0.1, 0.15) is 0 Å². The molecule has 2 rings (SSSR count). The van der Waals surface area contributed by atoms with Crippen molar-refractivity contribution in [2.75, 3.05) is 26.2 Å². The number of rotatable bonds is 5. The smallest absolute Gasteiger partial charge is 0.00683 e. The number of piperidine rings is 1. The Hall–Kier alpha value is -0.0800. The average Bonchev–Trinajstić information content (AvgIpc) is 3.01. The predicted octanol–water partition coefficient (Wildman–Crippen LogP) is 1.86. The van der Waals surface area contributed by atoms with E-state index < -0.39 is 0 Å². The Kier molecular flexibility index (Phi) is 3.82. The summed E-state index contributed by atoms with van der Waals surface area (Å²) in [6.45, 7) is 7.55. The molecule has 1 saturated carbocycles. The van der Waals surface area contributed by atoms with Crippen molar-refractivity contribution in [1.29, 1.82) is 0 Å². The van der Waals surface area contributed by atoms with Crippen molar-refractivity contribution in [3.8, 4) is 0 Å². The zero-order valence-electron chi connectivity index (χ0n) is 9.47. The molecule has 0 aromatic rings. The third kappa shape index (κ3) is 3.25. The quantitative estimate of drug-likeness (QED) is 0.722. The minimum atomic E-state index is 0.892. The van der Waals surface area contributed by atoms with Crippen molar-refractivity contribution in [3.63, 3.8) is 0 Å². The second kappa shape index (κ2) is 5.13. The van der Waals surface area contributed by atoms with Crippen molar-refractivity contribution in [2.24, 2.45) is 5.92 Å². The summed E-state index contributed by atoms with van der Waals surface area (Å²) in [6.07, 6.45) is 6.99. The summed E-state index contributed by atoms with van der Waals surface area (Å²) in [5.41, 5.74) is 0. The molecule has 1 heterocycles. The van der Waals surface area contributed by atoms with Crippen LogP contribution in [0.1, 0.15) is 39.0 Å². The summed E-state index contributed by atoms with van der Waals surface area (Å²) in [5, 5.41) is 3.65. The van der Waals surface area contributed by atoms with Crippen molar-refractivity contribution >= 4 is 0 Å². The van der Waals surface area contributed by atoms with Gasteiger partial charge in [-0.1, -0.05) is 6.92 Å². The van der Waals surface area contributed by atoms with Crippen LogP contribution in [0, 0.1) is 5.92 Å². The summed E-state index contributed by atoms with van der Waals surface area (Å²) in [6, 6.07) is 0.892. The monoisotopic (exact) mass is 196 g/mol. The predicted molar refractivity (Wildman–Crippen MR) is 60.5 cm³/mol. The zero-order valence-corrected chi connectivity index (χ0v) is 9.47. The summed E-state index contributed by atoms with van der Waals surface area (Å²) < 4.78 is 0. The molecule has 82 valence electrons. The average molecular weight is 196 g/mol. The van der Waals surface area contributed by atoms with Gasteiger partial charge in [-0.15, -0.1) is 0 Å². The van der Waals surface area contributed by atoms with Crippen LogP contribution < -0.4 is 5.32 Å². The molecule has 2 heteroatoms. The van der Waals surface area contributed by atoms with E-state index in [4.69, 9.17) is 0 Å². The fraction of sp³-hybridized carbons (Fsp3) is 1.00. The molecule has 0 aromatic carbocycles. The Morgan fingerprint density at radius 2 is 1.86 bits per heavy atom. The lowest BCUT2D eigenvalue weighted by Gasteiger charge is -2.31. The first-order valence-electron chi connectivity index (χ1n) is 6.34. The van der Waals surface area contributed by atoms with Crippen LogP contribution in [0.4, 0.5) is 0 Å². The van der Waals surface area contributed by atoms with Crippen molar-refractivity contribution in [2.45, 2.75) is 45.1 Å². The maximum atomic E-state index is 3.65. The van der Waals surface area contributed by atoms with E-state index in [1.807, 2.05) is 0 Å². The molecule has 1 saturated heterocycles. The number of nitrogens with zero attached hydrogens (tertiary/aromatic N) is 1. The molecular weight excluding hydrogens is 172 g/mol. The van der Waals surface area contributed by atoms with Gasteiger partial charge in [0.25, 0.3) is 0 Å². The van der Waals surface area contributed by atoms with Crippen LogP contribution in [-0.2, 0) is 0 Å². The molecule has 0 amide bonds. The lowest BCUT2D eigenvalue weighted by molar-refractivity contribution is 0.182. The zero-order chi connectivity index (χ0) is 9.80. The van der Waals surface area contributed by atoms with Crippen molar-refractivity contribution in [1.82, 2.24) is 10.2 Å². The van der Waals surface area contributed by atoms with E-state index >= 15 is 0 Å². The van der Waals surface area contributed by atoms with Gasteiger partial charge in [0.2, 0.25) is 0 Å². The molecule has 2 nitrogen and oxygen atoms in total. The first kappa shape index (κ1) is 10.4. The third-order valence-corrected chi connectivity index (χ3v) is 3.52. The van der Waals surface area contributed by atoms with Crippen molar-refractivity contribution in [3.05, 3.63) is 0 Å². The fourth-order valence-electron chi connectivity index (χ4n) is 2.35. The lowest BCUT2D eigenvalue weighted by atomic mass is 9.96. The number of hydrogen-bond donors (Lipinski definition) is 1. The highest BCUT2D eigenvalue weighted by Crippen LogP contribution is 2.21. The number of nitrogens with one attached hydrogen (secondary N) is 1. The molecule has 2 fully saturated rings. The molecule has 14 heavy (non-hydrogen) atoms. The van der Waals surface area contributed by atoms with Gasteiger partial charge in [0.15, 0.2) is 0 Å². The van der Waals surface area contributed by atoms with Crippen LogP contribution >= 0.6 is 0 Å². The van der Waals surface area contributed by atoms with Gasteiger partial charge in [0, 0.05) is 6.04 Å². The Labute approximate surface area is 88.1 Å². The van der Waals surface area contributed by atoms with E-state index in [9.17, 15) is 0 Å². The molecule has 0 aromatic heterocycles. The summed E-state index contributed by atoms with van der Waals surface area (Å²) in [7, 11) is 0. The normalized spacial score (nSPS) is 25.5. The van der Waals surface area contributed by atoms with E-state index in [2.05, 4.69) is 17.1 Å². The first-order chi connectivity index (χ1) is 6.88. The minimum Gasteiger partial charge on any atom is -0.314 e. The van der Waals surface area contributed by atoms with E-state index in [0.29, 0.717) is 0 Å². The molecule has 0 bridgehead atoms. The fourth-order valence-corrected chi connectivity index (χ4v) is 2.35. The minimum absolute atomic E-state index is 0.892. The second-order valence-electron chi connectivity index (χ2n) is 4.97. The van der Waals surface area contributed by atoms with Crippen LogP contribution in [0.3, 0.4) is 0 Å². The van der Waals surface area contributed by atoms with Gasteiger partial charge in [0.05, 0.1) is 0 Å². The standard InChI is InChI=1S/C12H24N2/c1-2-7-14-8-5-11(6-9-14)10-13-12-3-4-12/h11-13H,2-10H2,1H3. The van der Waals surface area contributed by atoms with Crippen LogP contribution in [-0.4, -0.2) is 37.1 Å². The van der Waals surface area contributed by atoms with Gasteiger partial charge >= 0.3 is 0 Å². The summed E-state index contributed by atoms with van der Waals surface area (Å²) in [4.78, 5) is 2.62. The number of likely N-dealkylation sites (tertiary alicyclic amines) is 1. The maximum Gasteiger partial charge on any atom is 0.00683 e. The highest BCUT2D eigenvalue weighted by Gasteiger charge is 2.23. The molecule has 0 spiro atoms. The van der Waals surface area contributed by atoms with Crippen molar-refractivity contribution < 1.29 is 0 Å². The number of hydrogen-bond acceptors (Lipinski definition) is 2. The van der Waals surface area contributed by atoms with Gasteiger partial charge in [-0.25, -0.2) is 0 Å². The van der Waals surface area contributed by atoms with Crippen LogP contribution in [0.2, 0.25) is 0 Å². The molecule has 2 aliphatic rings. The van der Waals surface area contributed by atoms with Crippen LogP contribution in [0.5, 0.6) is 0 Å². The molecule has 0 unspecified atom stereocenters. The maximum absolute atomic E-state index is 3.65. The lowest BCUT2D eigenvalue weighted by Crippen LogP contribution is -2.37. The summed E-state index contributed by atoms with van der Waals surface area (Å²) in [5.74, 6) is 0.962. The highest BCUT2D eigenvalue weighted by molar-refractivity contribution is 4.83. The van der Waals surface area contributed by atoms with Gasteiger partial charge in [-0.2, -0.15) is 0 Å². The topological polar surface area (TPSA) is 15.3 Å². The molecule has 1 aliphatic carbocycles. The molecule has 1 aliphatic heterocycles. The van der Waals surface area contributed by atoms with Gasteiger partial charge in [-0.3, -0.25) is 0 Å². The van der Waals surface area contributed by atoms with E-state index in [0.717, 1.165) is 12.0 Å². The van der Waals surface area contributed by atoms with Gasteiger partial charge in [-0.05, 0) is 64.2 Å². The molecule has 0 radical (unpaired) electrons. The van der Waals surface area contributed by atoms with Crippen LogP contribution in [0.25, 0.3) is 0 Å². The first-order valence-corrected chi connectivity index (χ1v) is 6.34. The molecule has 1 N–H and O–H groups in total. The van der Waals surface area contributed by atoms with Crippen LogP contribution in [0.15, 0.2) is 0 Å². The van der Waals surface area contributed by atoms with E-state index in [1.165, 1.54) is 58.3 Å². The summed E-state index contributed by atoms with van der Waals surface area (Å²) >= 11 is 0. The Morgan fingerprint density at radius 3 is 2.43 bits per heavy atom. The van der Waals surface area contributed by atoms with E-state index in [1.54, 1.807) is 0 Å². The highest BCUT2D eigenvalue weighted by atomic mass is 15.1. The SMILES string of the molecule is CCCN1CCC(CNC2CC2)CC1. The Bertz CT molecular complexity index is 158. The Balaban J connectivity index is 1.57. The largest absolute Gasteiger partial charge is 0.314 e. The second-order valence-corrected chi connectivity index (χ2v) is 4.97. The molecular formula is C12H24N2.